The summed E-state index contributed by atoms with van der Waals surface area (Å²) < 4.78 is 15.0. The molecule has 1 aliphatic heterocycles. The summed E-state index contributed by atoms with van der Waals surface area (Å²) in [4.78, 5) is 2.24. The van der Waals surface area contributed by atoms with E-state index in [0.717, 1.165) is 24.3 Å². The molecule has 1 aliphatic rings. The number of β-amino-alcohol motifs (C(OH)–C–C–N with tert-alkyl or cyclic N) is 1. The van der Waals surface area contributed by atoms with Crippen LogP contribution in [-0.4, -0.2) is 32.4 Å². The van der Waals surface area contributed by atoms with E-state index in [-0.39, 0.29) is 18.0 Å². The lowest BCUT2D eigenvalue weighted by Crippen LogP contribution is -2.25. The summed E-state index contributed by atoms with van der Waals surface area (Å²) >= 11 is 0. The molecule has 0 amide bonds. The van der Waals surface area contributed by atoms with E-state index in [1.807, 2.05) is 22.9 Å². The Morgan fingerprint density at radius 1 is 1.29 bits per heavy atom. The number of halogens is 1. The van der Waals surface area contributed by atoms with Gasteiger partial charge in [0, 0.05) is 31.9 Å². The lowest BCUT2D eigenvalue weighted by Gasteiger charge is -2.24. The largest absolute Gasteiger partial charge is 0.392 e. The second-order valence-corrected chi connectivity index (χ2v) is 5.52. The van der Waals surface area contributed by atoms with Gasteiger partial charge in [-0.2, -0.15) is 5.10 Å². The molecule has 1 N–H and O–H groups in total. The number of aryl methyl sites for hydroxylation is 1. The number of hydrogen-bond acceptors (Lipinski definition) is 3. The molecule has 1 saturated heterocycles. The van der Waals surface area contributed by atoms with Gasteiger partial charge in [0.15, 0.2) is 0 Å². The number of nitrogens with zero attached hydrogens (tertiary/aromatic N) is 3. The first-order chi connectivity index (χ1) is 10.2. The highest BCUT2D eigenvalue weighted by atomic mass is 19.1. The van der Waals surface area contributed by atoms with Gasteiger partial charge in [-0.05, 0) is 37.1 Å². The Bertz CT molecular complexity index is 596. The summed E-state index contributed by atoms with van der Waals surface area (Å²) in [5.41, 5.74) is 2.19. The van der Waals surface area contributed by atoms with Crippen molar-refractivity contribution in [2.45, 2.75) is 38.6 Å². The lowest BCUT2D eigenvalue weighted by atomic mass is 10.0. The Labute approximate surface area is 123 Å². The van der Waals surface area contributed by atoms with Crippen molar-refractivity contribution in [1.29, 1.82) is 0 Å². The van der Waals surface area contributed by atoms with Gasteiger partial charge in [0.05, 0.1) is 11.8 Å². The number of benzene rings is 1. The van der Waals surface area contributed by atoms with Crippen LogP contribution in [-0.2, 0) is 13.1 Å². The predicted molar refractivity (Wildman–Crippen MR) is 78.1 cm³/mol. The van der Waals surface area contributed by atoms with E-state index in [9.17, 15) is 9.50 Å². The lowest BCUT2D eigenvalue weighted by molar-refractivity contribution is 0.171. The van der Waals surface area contributed by atoms with Crippen LogP contribution < -0.4 is 0 Å². The summed E-state index contributed by atoms with van der Waals surface area (Å²) in [5, 5.41) is 14.3. The highest BCUT2D eigenvalue weighted by Gasteiger charge is 2.32. The number of rotatable bonds is 4. The maximum Gasteiger partial charge on any atom is 0.123 e. The van der Waals surface area contributed by atoms with Crippen LogP contribution >= 0.6 is 0 Å². The molecule has 2 aromatic rings. The van der Waals surface area contributed by atoms with Gasteiger partial charge >= 0.3 is 0 Å². The van der Waals surface area contributed by atoms with Crippen molar-refractivity contribution in [1.82, 2.24) is 14.7 Å². The van der Waals surface area contributed by atoms with E-state index < -0.39 is 0 Å². The van der Waals surface area contributed by atoms with Crippen molar-refractivity contribution in [3.8, 4) is 0 Å². The maximum absolute atomic E-state index is 13.1. The van der Waals surface area contributed by atoms with Gasteiger partial charge < -0.3 is 5.11 Å². The van der Waals surface area contributed by atoms with E-state index in [0.29, 0.717) is 13.0 Å². The standard InChI is InChI=1S/C16H20FN3O/c1-2-20-14(7-8-18-20)10-19-11-15(21)9-16(19)12-3-5-13(17)6-4-12/h3-8,15-16,21H,2,9-11H2,1H3/t15-,16+/m1/s1. The molecular weight excluding hydrogens is 269 g/mol. The molecule has 0 unspecified atom stereocenters. The summed E-state index contributed by atoms with van der Waals surface area (Å²) in [7, 11) is 0. The van der Waals surface area contributed by atoms with E-state index >= 15 is 0 Å². The summed E-state index contributed by atoms with van der Waals surface area (Å²) in [6, 6.07) is 8.71. The van der Waals surface area contributed by atoms with Crippen molar-refractivity contribution in [2.24, 2.45) is 0 Å². The fraction of sp³-hybridized carbons (Fsp3) is 0.438. The van der Waals surface area contributed by atoms with Crippen LogP contribution in [0.25, 0.3) is 0 Å². The zero-order valence-electron chi connectivity index (χ0n) is 12.1. The number of aliphatic hydroxyl groups is 1. The minimum atomic E-state index is -0.335. The molecule has 4 nitrogen and oxygen atoms in total. The van der Waals surface area contributed by atoms with E-state index in [1.54, 1.807) is 6.20 Å². The van der Waals surface area contributed by atoms with Crippen molar-refractivity contribution in [3.05, 3.63) is 53.6 Å². The van der Waals surface area contributed by atoms with Gasteiger partial charge in [0.2, 0.25) is 0 Å². The fourth-order valence-electron chi connectivity index (χ4n) is 3.07. The van der Waals surface area contributed by atoms with Crippen LogP contribution in [0.4, 0.5) is 4.39 Å². The number of aliphatic hydroxyl groups excluding tert-OH is 1. The molecule has 0 saturated carbocycles. The Kier molecular flexibility index (Phi) is 4.03. The van der Waals surface area contributed by atoms with Crippen LogP contribution in [0.3, 0.4) is 0 Å². The highest BCUT2D eigenvalue weighted by molar-refractivity contribution is 5.22. The third kappa shape index (κ3) is 2.99. The molecule has 0 bridgehead atoms. The van der Waals surface area contributed by atoms with Gasteiger partial charge in [0.1, 0.15) is 5.82 Å². The van der Waals surface area contributed by atoms with Gasteiger partial charge in [0.25, 0.3) is 0 Å². The van der Waals surface area contributed by atoms with Crippen molar-refractivity contribution >= 4 is 0 Å². The summed E-state index contributed by atoms with van der Waals surface area (Å²) in [6.45, 7) is 4.27. The van der Waals surface area contributed by atoms with Crippen molar-refractivity contribution in [3.63, 3.8) is 0 Å². The van der Waals surface area contributed by atoms with Crippen molar-refractivity contribution in [2.75, 3.05) is 6.54 Å². The van der Waals surface area contributed by atoms with E-state index in [2.05, 4.69) is 16.9 Å². The quantitative estimate of drug-likeness (QED) is 0.939. The minimum absolute atomic E-state index is 0.126. The average Bonchev–Trinajstić information content (AvgIpc) is 3.06. The molecule has 0 spiro atoms. The van der Waals surface area contributed by atoms with Gasteiger partial charge in [-0.15, -0.1) is 0 Å². The van der Waals surface area contributed by atoms with Crippen molar-refractivity contribution < 1.29 is 9.50 Å². The van der Waals surface area contributed by atoms with E-state index in [4.69, 9.17) is 0 Å². The molecule has 112 valence electrons. The SMILES string of the molecule is CCn1nccc1CN1C[C@H](O)C[C@H]1c1ccc(F)cc1. The molecule has 1 fully saturated rings. The molecule has 2 atom stereocenters. The maximum atomic E-state index is 13.1. The first-order valence-corrected chi connectivity index (χ1v) is 7.35. The third-order valence-electron chi connectivity index (χ3n) is 4.11. The fourth-order valence-corrected chi connectivity index (χ4v) is 3.07. The first kappa shape index (κ1) is 14.2. The molecule has 1 aromatic carbocycles. The molecule has 3 rings (SSSR count). The topological polar surface area (TPSA) is 41.3 Å². The predicted octanol–water partition coefficient (Wildman–Crippen LogP) is 2.35. The third-order valence-corrected chi connectivity index (χ3v) is 4.11. The summed E-state index contributed by atoms with van der Waals surface area (Å²) in [5.74, 6) is -0.229. The molecule has 2 heterocycles. The second kappa shape index (κ2) is 5.95. The number of hydrogen-bond donors (Lipinski definition) is 1. The highest BCUT2D eigenvalue weighted by Crippen LogP contribution is 2.33. The summed E-state index contributed by atoms with van der Waals surface area (Å²) in [6.07, 6.45) is 2.16. The van der Waals surface area contributed by atoms with Crippen LogP contribution in [0.2, 0.25) is 0 Å². The zero-order chi connectivity index (χ0) is 14.8. The second-order valence-electron chi connectivity index (χ2n) is 5.52. The van der Waals surface area contributed by atoms with E-state index in [1.165, 1.54) is 12.1 Å². The van der Waals surface area contributed by atoms with Crippen LogP contribution in [0.1, 0.15) is 30.6 Å². The Morgan fingerprint density at radius 3 is 2.76 bits per heavy atom. The van der Waals surface area contributed by atoms with Crippen LogP contribution in [0.5, 0.6) is 0 Å². The normalized spacial score (nSPS) is 22.8. The monoisotopic (exact) mass is 289 g/mol. The zero-order valence-corrected chi connectivity index (χ0v) is 12.1. The van der Waals surface area contributed by atoms with Crippen LogP contribution in [0.15, 0.2) is 36.5 Å². The Hall–Kier alpha value is -1.72. The molecular formula is C16H20FN3O. The number of likely N-dealkylation sites (tertiary alicyclic amines) is 1. The molecule has 0 aliphatic carbocycles. The molecule has 0 radical (unpaired) electrons. The average molecular weight is 289 g/mol. The van der Waals surface area contributed by atoms with Gasteiger partial charge in [-0.25, -0.2) is 4.39 Å². The first-order valence-electron chi connectivity index (χ1n) is 7.35. The molecule has 5 heteroatoms. The Morgan fingerprint density at radius 2 is 2.05 bits per heavy atom. The van der Waals surface area contributed by atoms with Crippen LogP contribution in [0, 0.1) is 5.82 Å². The van der Waals surface area contributed by atoms with Gasteiger partial charge in [-0.1, -0.05) is 12.1 Å². The molecule has 21 heavy (non-hydrogen) atoms. The Balaban J connectivity index is 1.81. The number of aromatic nitrogens is 2. The molecule has 1 aromatic heterocycles. The minimum Gasteiger partial charge on any atom is -0.392 e. The van der Waals surface area contributed by atoms with Gasteiger partial charge in [-0.3, -0.25) is 9.58 Å². The smallest absolute Gasteiger partial charge is 0.123 e.